The van der Waals surface area contributed by atoms with Crippen LogP contribution in [0.3, 0.4) is 0 Å². The third-order valence-corrected chi connectivity index (χ3v) is 5.43. The number of hydrogen-bond acceptors (Lipinski definition) is 4. The average Bonchev–Trinajstić information content (AvgIpc) is 2.92. The van der Waals surface area contributed by atoms with Gasteiger partial charge in [-0.15, -0.1) is 0 Å². The highest BCUT2D eigenvalue weighted by molar-refractivity contribution is 5.89. The number of carboxylic acids is 2. The molecule has 0 aromatic heterocycles. The molecule has 2 fully saturated rings. The van der Waals surface area contributed by atoms with E-state index in [1.807, 2.05) is 0 Å². The highest BCUT2D eigenvalue weighted by Gasteiger charge is 2.54. The summed E-state index contributed by atoms with van der Waals surface area (Å²) in [5.41, 5.74) is -1.11. The molecule has 1 amide bonds. The maximum Gasteiger partial charge on any atom is 0.329 e. The van der Waals surface area contributed by atoms with Gasteiger partial charge in [-0.2, -0.15) is 0 Å². The van der Waals surface area contributed by atoms with Crippen molar-refractivity contribution in [3.05, 3.63) is 0 Å². The van der Waals surface area contributed by atoms with Crippen molar-refractivity contribution in [2.24, 2.45) is 5.92 Å². The first-order valence-corrected chi connectivity index (χ1v) is 8.95. The van der Waals surface area contributed by atoms with Crippen molar-refractivity contribution >= 4 is 17.8 Å². The van der Waals surface area contributed by atoms with E-state index in [9.17, 15) is 19.5 Å². The molecule has 0 unspecified atom stereocenters. The minimum Gasteiger partial charge on any atom is -0.480 e. The van der Waals surface area contributed by atoms with Crippen LogP contribution in [-0.4, -0.2) is 58.1 Å². The van der Waals surface area contributed by atoms with E-state index >= 15 is 0 Å². The number of nitrogens with one attached hydrogen (secondary N) is 1. The van der Waals surface area contributed by atoms with Crippen molar-refractivity contribution in [1.82, 2.24) is 10.2 Å². The summed E-state index contributed by atoms with van der Waals surface area (Å²) in [6.45, 7) is 0.00746. The second kappa shape index (κ2) is 8.46. The molecule has 1 heterocycles. The van der Waals surface area contributed by atoms with Gasteiger partial charge in [0.25, 0.3) is 0 Å². The van der Waals surface area contributed by atoms with Gasteiger partial charge in [-0.25, -0.2) is 4.79 Å². The van der Waals surface area contributed by atoms with Crippen LogP contribution >= 0.6 is 0 Å². The van der Waals surface area contributed by atoms with Crippen molar-refractivity contribution in [3.8, 4) is 0 Å². The number of nitrogens with zero attached hydrogens (tertiary/aromatic N) is 1. The number of rotatable bonds is 6. The second-order valence-corrected chi connectivity index (χ2v) is 6.92. The molecule has 1 aliphatic heterocycles. The van der Waals surface area contributed by atoms with Crippen LogP contribution in [-0.2, 0) is 14.4 Å². The Morgan fingerprint density at radius 2 is 1.58 bits per heavy atom. The highest BCUT2D eigenvalue weighted by atomic mass is 16.4. The number of carboxylic acid groups (broad SMARTS) is 2. The molecule has 7 heteroatoms. The minimum atomic E-state index is -1.11. The summed E-state index contributed by atoms with van der Waals surface area (Å²) in [4.78, 5) is 36.8. The molecule has 2 rings (SSSR count). The van der Waals surface area contributed by atoms with E-state index in [0.29, 0.717) is 19.4 Å². The van der Waals surface area contributed by atoms with Crippen molar-refractivity contribution in [3.63, 3.8) is 0 Å². The predicted molar refractivity (Wildman–Crippen MR) is 87.6 cm³/mol. The number of likely N-dealkylation sites (tertiary alicyclic amines) is 1. The van der Waals surface area contributed by atoms with Crippen molar-refractivity contribution in [1.29, 1.82) is 0 Å². The van der Waals surface area contributed by atoms with Crippen LogP contribution in [0, 0.1) is 5.92 Å². The first kappa shape index (κ1) is 18.7. The third kappa shape index (κ3) is 4.06. The van der Waals surface area contributed by atoms with E-state index in [1.54, 1.807) is 0 Å². The molecular formula is C17H28N2O5. The molecule has 0 spiro atoms. The summed E-state index contributed by atoms with van der Waals surface area (Å²) < 4.78 is 0. The lowest BCUT2D eigenvalue weighted by Crippen LogP contribution is -2.59. The quantitative estimate of drug-likeness (QED) is 0.676. The monoisotopic (exact) mass is 340 g/mol. The zero-order valence-electron chi connectivity index (χ0n) is 14.1. The van der Waals surface area contributed by atoms with Crippen molar-refractivity contribution < 1.29 is 24.6 Å². The van der Waals surface area contributed by atoms with Crippen molar-refractivity contribution in [2.75, 3.05) is 19.6 Å². The van der Waals surface area contributed by atoms with E-state index in [0.717, 1.165) is 38.5 Å². The fraction of sp³-hybridized carbons (Fsp3) is 0.824. The summed E-state index contributed by atoms with van der Waals surface area (Å²) in [5.74, 6) is -2.26. The van der Waals surface area contributed by atoms with Crippen LogP contribution in [0.4, 0.5) is 0 Å². The Morgan fingerprint density at radius 3 is 2.17 bits per heavy atom. The van der Waals surface area contributed by atoms with Gasteiger partial charge < -0.3 is 15.1 Å². The molecule has 1 saturated heterocycles. The van der Waals surface area contributed by atoms with Gasteiger partial charge in [0.15, 0.2) is 0 Å². The summed E-state index contributed by atoms with van der Waals surface area (Å²) in [6, 6.07) is 0. The molecule has 1 saturated carbocycles. The van der Waals surface area contributed by atoms with Crippen LogP contribution < -0.4 is 5.32 Å². The Balaban J connectivity index is 2.14. The lowest BCUT2D eigenvalue weighted by molar-refractivity contribution is -0.161. The lowest BCUT2D eigenvalue weighted by atomic mass is 9.74. The Labute approximate surface area is 142 Å². The topological polar surface area (TPSA) is 107 Å². The van der Waals surface area contributed by atoms with Crippen LogP contribution in [0.15, 0.2) is 0 Å². The molecule has 2 aliphatic rings. The molecule has 1 aliphatic carbocycles. The summed E-state index contributed by atoms with van der Waals surface area (Å²) in [6.07, 6.45) is 8.36. The van der Waals surface area contributed by atoms with Crippen LogP contribution in [0.5, 0.6) is 0 Å². The third-order valence-electron chi connectivity index (χ3n) is 5.43. The molecule has 24 heavy (non-hydrogen) atoms. The fourth-order valence-corrected chi connectivity index (χ4v) is 4.32. The summed E-state index contributed by atoms with van der Waals surface area (Å²) >= 11 is 0. The number of amides is 1. The molecule has 136 valence electrons. The number of hydrogen-bond donors (Lipinski definition) is 3. The largest absolute Gasteiger partial charge is 0.480 e. The average molecular weight is 340 g/mol. The summed E-state index contributed by atoms with van der Waals surface area (Å²) in [5, 5.41) is 21.2. The molecule has 7 nitrogen and oxygen atoms in total. The number of carbonyl (C=O) groups is 3. The summed E-state index contributed by atoms with van der Waals surface area (Å²) in [7, 11) is 0. The van der Waals surface area contributed by atoms with Gasteiger partial charge in [-0.1, -0.05) is 32.1 Å². The molecular weight excluding hydrogens is 312 g/mol. The molecule has 1 atom stereocenters. The van der Waals surface area contributed by atoms with Crippen LogP contribution in [0.1, 0.15) is 57.8 Å². The lowest BCUT2D eigenvalue weighted by Gasteiger charge is -2.42. The standard InChI is InChI=1S/C17H28N2O5/c20-14(11-18-12-15(21)22)19-10-6-9-17(19,16(23)24)13-7-4-2-1-3-5-8-13/h13,18H,1-12H2,(H,21,22)(H,23,24)/t17-/m1/s1. The molecule has 0 radical (unpaired) electrons. The first-order valence-electron chi connectivity index (χ1n) is 8.95. The minimum absolute atomic E-state index is 0.0128. The van der Waals surface area contributed by atoms with Gasteiger partial charge in [-0.05, 0) is 31.6 Å². The van der Waals surface area contributed by atoms with Crippen LogP contribution in [0.2, 0.25) is 0 Å². The first-order chi connectivity index (χ1) is 11.5. The molecule has 0 aromatic rings. The molecule has 0 bridgehead atoms. The predicted octanol–water partition coefficient (Wildman–Crippen LogP) is 1.47. The normalized spacial score (nSPS) is 25.9. The second-order valence-electron chi connectivity index (χ2n) is 6.92. The Kier molecular flexibility index (Phi) is 6.60. The smallest absolute Gasteiger partial charge is 0.329 e. The Hall–Kier alpha value is -1.63. The number of aliphatic carboxylic acids is 2. The van der Waals surface area contributed by atoms with E-state index in [2.05, 4.69) is 5.32 Å². The van der Waals surface area contributed by atoms with Gasteiger partial charge in [0, 0.05) is 6.54 Å². The fourth-order valence-electron chi connectivity index (χ4n) is 4.32. The van der Waals surface area contributed by atoms with Gasteiger partial charge in [0.05, 0.1) is 13.1 Å². The zero-order chi connectivity index (χ0) is 17.6. The van der Waals surface area contributed by atoms with Gasteiger partial charge >= 0.3 is 11.9 Å². The van der Waals surface area contributed by atoms with Crippen molar-refractivity contribution in [2.45, 2.75) is 63.3 Å². The van der Waals surface area contributed by atoms with Crippen LogP contribution in [0.25, 0.3) is 0 Å². The SMILES string of the molecule is O=C(O)CNCC(=O)N1CCC[C@]1(C(=O)O)C1CCCCCCC1. The van der Waals surface area contributed by atoms with Gasteiger partial charge in [0.2, 0.25) is 5.91 Å². The Morgan fingerprint density at radius 1 is 0.958 bits per heavy atom. The highest BCUT2D eigenvalue weighted by Crippen LogP contribution is 2.42. The van der Waals surface area contributed by atoms with Gasteiger partial charge in [-0.3, -0.25) is 14.9 Å². The zero-order valence-corrected chi connectivity index (χ0v) is 14.1. The van der Waals surface area contributed by atoms with Gasteiger partial charge in [0.1, 0.15) is 5.54 Å². The Bertz CT molecular complexity index is 474. The van der Waals surface area contributed by atoms with E-state index in [4.69, 9.17) is 5.11 Å². The maximum absolute atomic E-state index is 12.6. The number of carbonyl (C=O) groups excluding carboxylic acids is 1. The maximum atomic E-state index is 12.6. The molecule has 3 N–H and O–H groups in total. The van der Waals surface area contributed by atoms with E-state index in [-0.39, 0.29) is 24.9 Å². The molecule has 0 aromatic carbocycles. The van der Waals surface area contributed by atoms with E-state index < -0.39 is 17.5 Å². The van der Waals surface area contributed by atoms with E-state index in [1.165, 1.54) is 11.3 Å².